The molecule has 86 valence electrons. The highest BCUT2D eigenvalue weighted by molar-refractivity contribution is 7.99. The molecule has 0 fully saturated rings. The van der Waals surface area contributed by atoms with Gasteiger partial charge in [0.05, 0.1) is 0 Å². The normalized spacial score (nSPS) is 13.1. The monoisotopic (exact) mass is 237 g/mol. The first kappa shape index (κ1) is 14.6. The summed E-state index contributed by atoms with van der Waals surface area (Å²) in [5.74, 6) is 4.04. The molecule has 0 aliphatic carbocycles. The van der Waals surface area contributed by atoms with Crippen LogP contribution in [0.25, 0.3) is 0 Å². The fourth-order valence-electron chi connectivity index (χ4n) is 1.51. The molecule has 0 spiro atoms. The fraction of sp³-hybridized carbons (Fsp3) is 1.00. The predicted octanol–water partition coefficient (Wildman–Crippen LogP) is 3.37. The van der Waals surface area contributed by atoms with Crippen molar-refractivity contribution < 1.29 is 0 Å². The van der Waals surface area contributed by atoms with Crippen molar-refractivity contribution in [2.75, 3.05) is 30.5 Å². The number of rotatable bonds is 10. The van der Waals surface area contributed by atoms with E-state index in [0.29, 0.717) is 0 Å². The molecule has 0 heterocycles. The summed E-state index contributed by atoms with van der Waals surface area (Å²) in [5, 5.41) is 3.51. The maximum absolute atomic E-state index is 5.76. The molecule has 1 nitrogen and oxygen atoms in total. The molecule has 0 amide bonds. The van der Waals surface area contributed by atoms with Crippen molar-refractivity contribution in [3.05, 3.63) is 0 Å². The standard InChI is InChI=1S/C11H24ClNS/c1-3-5-11(6-7-12)10-13-8-9-14-4-2/h11,13H,3-10H2,1-2H3. The lowest BCUT2D eigenvalue weighted by atomic mass is 10.0. The van der Waals surface area contributed by atoms with Crippen molar-refractivity contribution in [2.24, 2.45) is 5.92 Å². The first-order chi connectivity index (χ1) is 6.85. The van der Waals surface area contributed by atoms with Gasteiger partial charge in [0, 0.05) is 18.2 Å². The molecule has 1 N–H and O–H groups in total. The molecular weight excluding hydrogens is 214 g/mol. The molecule has 0 aromatic heterocycles. The summed E-state index contributed by atoms with van der Waals surface area (Å²) in [6.45, 7) is 6.73. The lowest BCUT2D eigenvalue weighted by Crippen LogP contribution is -2.25. The molecule has 0 aliphatic heterocycles. The zero-order valence-electron chi connectivity index (χ0n) is 9.52. The molecule has 3 heteroatoms. The quantitative estimate of drug-likeness (QED) is 0.462. The molecule has 0 bridgehead atoms. The SMILES string of the molecule is CCCC(CCCl)CNCCSCC. The number of nitrogens with one attached hydrogen (secondary N) is 1. The molecular formula is C11H24ClNS. The lowest BCUT2D eigenvalue weighted by Gasteiger charge is -2.15. The van der Waals surface area contributed by atoms with Gasteiger partial charge in [-0.15, -0.1) is 11.6 Å². The lowest BCUT2D eigenvalue weighted by molar-refractivity contribution is 0.437. The minimum absolute atomic E-state index is 0.782. The Labute approximate surface area is 98.4 Å². The highest BCUT2D eigenvalue weighted by Gasteiger charge is 2.05. The Bertz CT molecular complexity index is 105. The largest absolute Gasteiger partial charge is 0.316 e. The van der Waals surface area contributed by atoms with Crippen molar-refractivity contribution in [1.82, 2.24) is 5.32 Å². The van der Waals surface area contributed by atoms with Crippen LogP contribution in [-0.4, -0.2) is 30.5 Å². The van der Waals surface area contributed by atoms with Crippen LogP contribution in [0.5, 0.6) is 0 Å². The predicted molar refractivity (Wildman–Crippen MR) is 69.6 cm³/mol. The van der Waals surface area contributed by atoms with Crippen LogP contribution in [0.1, 0.15) is 33.1 Å². The average Bonchev–Trinajstić information content (AvgIpc) is 2.18. The topological polar surface area (TPSA) is 12.0 Å². The first-order valence-electron chi connectivity index (χ1n) is 5.69. The van der Waals surface area contributed by atoms with Crippen LogP contribution in [-0.2, 0) is 0 Å². The van der Waals surface area contributed by atoms with Gasteiger partial charge in [0.15, 0.2) is 0 Å². The summed E-state index contributed by atoms with van der Waals surface area (Å²) in [4.78, 5) is 0. The van der Waals surface area contributed by atoms with Gasteiger partial charge in [0.1, 0.15) is 0 Å². The van der Waals surface area contributed by atoms with Crippen LogP contribution in [0, 0.1) is 5.92 Å². The second-order valence-electron chi connectivity index (χ2n) is 3.53. The Kier molecular flexibility index (Phi) is 12.2. The van der Waals surface area contributed by atoms with E-state index < -0.39 is 0 Å². The van der Waals surface area contributed by atoms with Crippen molar-refractivity contribution in [3.8, 4) is 0 Å². The Morgan fingerprint density at radius 3 is 2.64 bits per heavy atom. The molecule has 0 radical (unpaired) electrons. The van der Waals surface area contributed by atoms with Gasteiger partial charge in [-0.05, 0) is 31.1 Å². The summed E-state index contributed by atoms with van der Waals surface area (Å²) in [6.07, 6.45) is 3.73. The summed E-state index contributed by atoms with van der Waals surface area (Å²) < 4.78 is 0. The zero-order chi connectivity index (χ0) is 10.6. The maximum atomic E-state index is 5.76. The molecule has 0 rings (SSSR count). The minimum Gasteiger partial charge on any atom is -0.316 e. The van der Waals surface area contributed by atoms with Crippen LogP contribution in [0.2, 0.25) is 0 Å². The Balaban J connectivity index is 3.30. The van der Waals surface area contributed by atoms with E-state index in [-0.39, 0.29) is 0 Å². The van der Waals surface area contributed by atoms with E-state index >= 15 is 0 Å². The van der Waals surface area contributed by atoms with Crippen LogP contribution in [0.4, 0.5) is 0 Å². The van der Waals surface area contributed by atoms with Crippen molar-refractivity contribution in [2.45, 2.75) is 33.1 Å². The number of thioether (sulfide) groups is 1. The van der Waals surface area contributed by atoms with Gasteiger partial charge in [0.25, 0.3) is 0 Å². The highest BCUT2D eigenvalue weighted by atomic mass is 35.5. The van der Waals surface area contributed by atoms with Crippen LogP contribution in [0.3, 0.4) is 0 Å². The van der Waals surface area contributed by atoms with Gasteiger partial charge in [-0.1, -0.05) is 20.3 Å². The molecule has 0 aromatic rings. The maximum Gasteiger partial charge on any atom is 0.0226 e. The molecule has 0 aliphatic rings. The summed E-state index contributed by atoms with van der Waals surface area (Å²) >= 11 is 7.76. The van der Waals surface area contributed by atoms with E-state index in [9.17, 15) is 0 Å². The first-order valence-corrected chi connectivity index (χ1v) is 7.38. The Hall–Kier alpha value is 0.600. The van der Waals surface area contributed by atoms with Crippen molar-refractivity contribution in [3.63, 3.8) is 0 Å². The van der Waals surface area contributed by atoms with E-state index in [0.717, 1.165) is 31.3 Å². The van der Waals surface area contributed by atoms with Gasteiger partial charge >= 0.3 is 0 Å². The minimum atomic E-state index is 0.782. The zero-order valence-corrected chi connectivity index (χ0v) is 11.1. The average molecular weight is 238 g/mol. The summed E-state index contributed by atoms with van der Waals surface area (Å²) in [6, 6.07) is 0. The van der Waals surface area contributed by atoms with Gasteiger partial charge in [-0.3, -0.25) is 0 Å². The molecule has 0 saturated heterocycles. The van der Waals surface area contributed by atoms with E-state index in [1.54, 1.807) is 0 Å². The van der Waals surface area contributed by atoms with Crippen LogP contribution < -0.4 is 5.32 Å². The molecule has 0 saturated carbocycles. The van der Waals surface area contributed by atoms with Crippen molar-refractivity contribution in [1.29, 1.82) is 0 Å². The third kappa shape index (κ3) is 9.17. The summed E-state index contributed by atoms with van der Waals surface area (Å²) in [7, 11) is 0. The highest BCUT2D eigenvalue weighted by Crippen LogP contribution is 2.10. The van der Waals surface area contributed by atoms with Gasteiger partial charge in [-0.2, -0.15) is 11.8 Å². The second-order valence-corrected chi connectivity index (χ2v) is 5.31. The summed E-state index contributed by atoms with van der Waals surface area (Å²) in [5.41, 5.74) is 0. The Morgan fingerprint density at radius 2 is 2.07 bits per heavy atom. The van der Waals surface area contributed by atoms with E-state index in [2.05, 4.69) is 19.2 Å². The van der Waals surface area contributed by atoms with Crippen LogP contribution >= 0.6 is 23.4 Å². The molecule has 1 atom stereocenters. The number of hydrogen-bond donors (Lipinski definition) is 1. The fourth-order valence-corrected chi connectivity index (χ4v) is 2.39. The van der Waals surface area contributed by atoms with E-state index in [1.165, 1.54) is 24.3 Å². The third-order valence-electron chi connectivity index (χ3n) is 2.27. The number of hydrogen-bond acceptors (Lipinski definition) is 2. The van der Waals surface area contributed by atoms with Crippen molar-refractivity contribution >= 4 is 23.4 Å². The molecule has 14 heavy (non-hydrogen) atoms. The van der Waals surface area contributed by atoms with Gasteiger partial charge in [-0.25, -0.2) is 0 Å². The smallest absolute Gasteiger partial charge is 0.0226 e. The Morgan fingerprint density at radius 1 is 1.29 bits per heavy atom. The van der Waals surface area contributed by atoms with E-state index in [4.69, 9.17) is 11.6 Å². The van der Waals surface area contributed by atoms with Crippen LogP contribution in [0.15, 0.2) is 0 Å². The second kappa shape index (κ2) is 11.7. The van der Waals surface area contributed by atoms with E-state index in [1.807, 2.05) is 11.8 Å². The molecule has 0 aromatic carbocycles. The molecule has 1 unspecified atom stereocenters. The third-order valence-corrected chi connectivity index (χ3v) is 3.39. The number of halogens is 1. The number of alkyl halides is 1. The van der Waals surface area contributed by atoms with Gasteiger partial charge < -0.3 is 5.32 Å². The van der Waals surface area contributed by atoms with Gasteiger partial charge in [0.2, 0.25) is 0 Å².